The van der Waals surface area contributed by atoms with Crippen molar-refractivity contribution >= 4 is 58.0 Å². The minimum atomic E-state index is -2.61. The van der Waals surface area contributed by atoms with Gasteiger partial charge < -0.3 is 39.6 Å². The van der Waals surface area contributed by atoms with Crippen LogP contribution in [0.2, 0.25) is 34.8 Å². The van der Waals surface area contributed by atoms with Gasteiger partial charge in [0.25, 0.3) is 14.2 Å². The molecule has 0 aromatic heterocycles. The van der Waals surface area contributed by atoms with Crippen LogP contribution in [0.15, 0.2) is 49.1 Å². The molecule has 398 valence electrons. The third-order valence-corrected chi connectivity index (χ3v) is 26.3. The number of nitrogens with zero attached hydrogens (tertiary/aromatic N) is 2. The number of rotatable bonds is 23. The van der Waals surface area contributed by atoms with Gasteiger partial charge in [0.2, 0.25) is 5.91 Å². The molecule has 1 saturated carbocycles. The monoisotopic (exact) mass is 1030 g/mol. The Kier molecular flexibility index (Phi) is 18.9. The molecule has 2 aromatic rings. The minimum absolute atomic E-state index is 0.00591. The quantitative estimate of drug-likeness (QED) is 0.0417. The van der Waals surface area contributed by atoms with Crippen molar-refractivity contribution in [2.24, 2.45) is 23.0 Å². The van der Waals surface area contributed by atoms with Crippen LogP contribution in [-0.2, 0) is 41.3 Å². The second-order valence-electron chi connectivity index (χ2n) is 23.4. The molecule has 15 nitrogen and oxygen atoms in total. The molecule has 2 heterocycles. The number of fused-ring (bicyclic) bond motifs is 2. The molecule has 2 fully saturated rings. The Morgan fingerprint density at radius 2 is 1.54 bits per heavy atom. The van der Waals surface area contributed by atoms with Gasteiger partial charge in [-0.1, -0.05) is 113 Å². The highest BCUT2D eigenvalue weighted by Gasteiger charge is 2.60. The summed E-state index contributed by atoms with van der Waals surface area (Å²) in [6, 6.07) is 8.96. The number of aryl methyl sites for hydroxylation is 1. The number of nitrogens with one attached hydrogen (secondary N) is 2. The standard InChI is InChI=1S/C55H85N5O10Si2/c1-16-26-67-48(62)29-41(34(2)3)49(63)58-43(18-17-25-57-52(56)65)46(61)28-39-19-21-40(22-20-39)32-68-53(66)60-44-30-47(69-72(35(4)5,36(6)7)37(8)9)38(10)27-42(44)50(64)59-33-55(23-24-55)31-45(59)51(60)70-71(14,15)54(11,12)13/h16,19-22,27,30,34-37,41,43,45,51H,1,17-18,23-26,28-29,31-33H2,2-15H3,(H,58,63)(H3,56,57,65)/t41-,43-,45-,51?/m0/s1. The summed E-state index contributed by atoms with van der Waals surface area (Å²) in [5.41, 5.74) is 9.13. The van der Waals surface area contributed by atoms with E-state index in [-0.39, 0.29) is 83.7 Å². The van der Waals surface area contributed by atoms with Gasteiger partial charge in [0, 0.05) is 25.6 Å². The normalized spacial score (nSPS) is 18.4. The number of anilines is 1. The highest BCUT2D eigenvalue weighted by molar-refractivity contribution is 6.78. The fourth-order valence-corrected chi connectivity index (χ4v) is 17.0. The third kappa shape index (κ3) is 13.4. The first-order valence-corrected chi connectivity index (χ1v) is 31.1. The highest BCUT2D eigenvalue weighted by atomic mass is 28.4. The van der Waals surface area contributed by atoms with Crippen molar-refractivity contribution in [2.45, 2.75) is 188 Å². The Morgan fingerprint density at radius 1 is 0.931 bits per heavy atom. The van der Waals surface area contributed by atoms with Crippen LogP contribution in [0, 0.1) is 24.2 Å². The molecule has 4 N–H and O–H groups in total. The van der Waals surface area contributed by atoms with Crippen LogP contribution in [0.4, 0.5) is 15.3 Å². The SMILES string of the molecule is C=CCOC(=O)C[C@H](C(=O)N[C@@H](CCCNC(N)=O)C(=O)Cc1ccc(COC(=O)N2c3cc(O[Si](C(C)C)(C(C)C)C(C)C)c(C)cc3C(=O)N3CC4(CC4)C[C@H]3C2O[Si](C)(C)C(C)(C)C)cc1)C(C)C. The van der Waals surface area contributed by atoms with Crippen molar-refractivity contribution in [2.75, 3.05) is 24.6 Å². The number of carbonyl (C=O) groups is 6. The summed E-state index contributed by atoms with van der Waals surface area (Å²) < 4.78 is 26.1. The molecule has 5 amide bonds. The number of ketones is 1. The third-order valence-electron chi connectivity index (χ3n) is 15.9. The molecule has 5 rings (SSSR count). The minimum Gasteiger partial charge on any atom is -0.542 e. The molecule has 1 saturated heterocycles. The van der Waals surface area contributed by atoms with Crippen LogP contribution in [-0.4, -0.2) is 95.2 Å². The summed E-state index contributed by atoms with van der Waals surface area (Å²) in [5, 5.41) is 5.19. The van der Waals surface area contributed by atoms with Crippen molar-refractivity contribution in [1.29, 1.82) is 0 Å². The number of carbonyl (C=O) groups excluding carboxylic acids is 6. The molecule has 3 aliphatic rings. The van der Waals surface area contributed by atoms with Crippen LogP contribution in [0.3, 0.4) is 0 Å². The lowest BCUT2D eigenvalue weighted by molar-refractivity contribution is -0.146. The Labute approximate surface area is 431 Å². The smallest absolute Gasteiger partial charge is 0.416 e. The first kappa shape index (κ1) is 57.9. The zero-order chi connectivity index (χ0) is 53.7. The van der Waals surface area contributed by atoms with E-state index < -0.39 is 64.9 Å². The predicted octanol–water partition coefficient (Wildman–Crippen LogP) is 10.5. The number of esters is 1. The number of nitrogens with two attached hydrogens (primary N) is 1. The van der Waals surface area contributed by atoms with E-state index in [4.69, 9.17) is 24.1 Å². The molecule has 72 heavy (non-hydrogen) atoms. The van der Waals surface area contributed by atoms with Crippen molar-refractivity contribution in [3.8, 4) is 5.75 Å². The number of urea groups is 1. The Balaban J connectivity index is 1.45. The van der Waals surface area contributed by atoms with Gasteiger partial charge in [0.05, 0.1) is 35.7 Å². The summed E-state index contributed by atoms with van der Waals surface area (Å²) >= 11 is 0. The number of benzene rings is 2. The van der Waals surface area contributed by atoms with Gasteiger partial charge in [0.15, 0.2) is 20.3 Å². The van der Waals surface area contributed by atoms with E-state index in [1.807, 2.05) is 37.8 Å². The van der Waals surface area contributed by atoms with Gasteiger partial charge in [-0.15, -0.1) is 0 Å². The molecule has 4 atom stereocenters. The number of primary amides is 1. The van der Waals surface area contributed by atoms with Gasteiger partial charge >= 0.3 is 18.1 Å². The average Bonchev–Trinajstić information content (AvgIpc) is 3.96. The first-order chi connectivity index (χ1) is 33.6. The number of amides is 5. The summed E-state index contributed by atoms with van der Waals surface area (Å²) in [4.78, 5) is 85.1. The maximum Gasteiger partial charge on any atom is 0.416 e. The van der Waals surface area contributed by atoms with E-state index in [9.17, 15) is 24.0 Å². The zero-order valence-electron chi connectivity index (χ0n) is 45.7. The lowest BCUT2D eigenvalue weighted by Gasteiger charge is -2.44. The fourth-order valence-electron chi connectivity index (χ4n) is 10.5. The second kappa shape index (κ2) is 23.5. The van der Waals surface area contributed by atoms with Gasteiger partial charge in [-0.25, -0.2) is 14.5 Å². The summed E-state index contributed by atoms with van der Waals surface area (Å²) in [5.74, 6) is -1.68. The molecule has 0 bridgehead atoms. The first-order valence-electron chi connectivity index (χ1n) is 26.1. The second-order valence-corrected chi connectivity index (χ2v) is 33.6. The van der Waals surface area contributed by atoms with E-state index in [2.05, 4.69) is 92.6 Å². The predicted molar refractivity (Wildman–Crippen MR) is 287 cm³/mol. The van der Waals surface area contributed by atoms with Crippen LogP contribution in [0.5, 0.6) is 5.75 Å². The van der Waals surface area contributed by atoms with Crippen LogP contribution < -0.4 is 25.7 Å². The van der Waals surface area contributed by atoms with Crippen LogP contribution in [0.1, 0.15) is 142 Å². The maximum atomic E-state index is 15.2. The Bertz CT molecular complexity index is 2280. The van der Waals surface area contributed by atoms with E-state index in [0.717, 1.165) is 24.8 Å². The van der Waals surface area contributed by atoms with Crippen molar-refractivity contribution < 1.29 is 47.1 Å². The highest BCUT2D eigenvalue weighted by Crippen LogP contribution is 2.58. The number of hydrogen-bond donors (Lipinski definition) is 3. The number of Topliss-reactive ketones (excluding diaryl/α,β-unsaturated/α-hetero) is 1. The topological polar surface area (TPSA) is 196 Å². The number of ether oxygens (including phenoxy) is 2. The molecule has 2 aliphatic heterocycles. The molecular formula is C55H85N5O10Si2. The van der Waals surface area contributed by atoms with Crippen molar-refractivity contribution in [1.82, 2.24) is 15.5 Å². The van der Waals surface area contributed by atoms with Crippen molar-refractivity contribution in [3.05, 3.63) is 71.3 Å². The van der Waals surface area contributed by atoms with E-state index >= 15 is 4.79 Å². The lowest BCUT2D eigenvalue weighted by Crippen LogP contribution is -2.58. The summed E-state index contributed by atoms with van der Waals surface area (Å²) in [6.07, 6.45) is 3.15. The molecule has 1 aliphatic carbocycles. The Morgan fingerprint density at radius 3 is 2.08 bits per heavy atom. The van der Waals surface area contributed by atoms with Gasteiger partial charge in [0.1, 0.15) is 19.0 Å². The molecule has 0 radical (unpaired) electrons. The average molecular weight is 1030 g/mol. The fraction of sp³-hybridized carbons (Fsp3) is 0.636. The van der Waals surface area contributed by atoms with E-state index in [0.29, 0.717) is 41.1 Å². The lowest BCUT2D eigenvalue weighted by atomic mass is 9.90. The van der Waals surface area contributed by atoms with Crippen LogP contribution >= 0.6 is 0 Å². The molecule has 1 unspecified atom stereocenters. The zero-order valence-corrected chi connectivity index (χ0v) is 47.7. The molecular weight excluding hydrogens is 947 g/mol. The number of hydrogen-bond acceptors (Lipinski definition) is 10. The maximum absolute atomic E-state index is 15.2. The Hall–Kier alpha value is -5.01. The summed E-state index contributed by atoms with van der Waals surface area (Å²) in [7, 11) is -5.09. The van der Waals surface area contributed by atoms with Gasteiger partial charge in [-0.05, 0) is 108 Å². The molecule has 2 aromatic carbocycles. The van der Waals surface area contributed by atoms with Gasteiger partial charge in [-0.3, -0.25) is 19.2 Å². The largest absolute Gasteiger partial charge is 0.542 e. The van der Waals surface area contributed by atoms with Crippen LogP contribution in [0.25, 0.3) is 0 Å². The van der Waals surface area contributed by atoms with Gasteiger partial charge in [-0.2, -0.15) is 0 Å². The molecule has 17 heteroatoms. The molecule has 1 spiro atoms. The van der Waals surface area contributed by atoms with E-state index in [1.165, 1.54) is 6.08 Å². The van der Waals surface area contributed by atoms with E-state index in [1.54, 1.807) is 29.2 Å². The summed E-state index contributed by atoms with van der Waals surface area (Å²) in [6.45, 7) is 34.2. The van der Waals surface area contributed by atoms with Crippen molar-refractivity contribution in [3.63, 3.8) is 0 Å².